The molecule has 0 saturated carbocycles. The Labute approximate surface area is 160 Å². The summed E-state index contributed by atoms with van der Waals surface area (Å²) in [5.74, 6) is -1.39. The van der Waals surface area contributed by atoms with E-state index in [4.69, 9.17) is 0 Å². The van der Waals surface area contributed by atoms with Crippen molar-refractivity contribution in [3.05, 3.63) is 42.3 Å². The number of ketones is 1. The highest BCUT2D eigenvalue weighted by Crippen LogP contribution is 2.31. The van der Waals surface area contributed by atoms with Gasteiger partial charge in [0.05, 0.1) is 5.69 Å². The van der Waals surface area contributed by atoms with Gasteiger partial charge in [-0.25, -0.2) is 4.39 Å². The molecule has 150 valence electrons. The summed E-state index contributed by atoms with van der Waals surface area (Å²) in [6.45, 7) is 3.20. The van der Waals surface area contributed by atoms with Gasteiger partial charge in [-0.1, -0.05) is 0 Å². The highest BCUT2D eigenvalue weighted by Gasteiger charge is 2.32. The quantitative estimate of drug-likeness (QED) is 0.669. The number of anilines is 1. The molecule has 0 atom stereocenters. The average molecular weight is 396 g/mol. The molecule has 0 aliphatic carbocycles. The number of hydrogen-bond acceptors (Lipinski definition) is 4. The third kappa shape index (κ3) is 5.21. The predicted octanol–water partition coefficient (Wildman–Crippen LogP) is 4.98. The topological polar surface area (TPSA) is 42.4 Å². The van der Waals surface area contributed by atoms with E-state index in [2.05, 4.69) is 14.6 Å². The Balaban J connectivity index is 1.73. The standard InChI is InChI=1S/C20H20F4N2O2/c1-13(27)10-14-5-8-26(9-6-14)16-4-7-25-18(12-16)15-2-3-19(17(21)11-15)28-20(22,23)24/h2-4,7,11-12,14H,5-6,8-10H2,1H3. The molecule has 0 N–H and O–H groups in total. The van der Waals surface area contributed by atoms with Gasteiger partial charge in [0.15, 0.2) is 11.6 Å². The number of carbonyl (C=O) groups is 1. The first-order valence-electron chi connectivity index (χ1n) is 8.97. The van der Waals surface area contributed by atoms with Crippen molar-refractivity contribution >= 4 is 11.5 Å². The summed E-state index contributed by atoms with van der Waals surface area (Å²) in [4.78, 5) is 17.6. The van der Waals surface area contributed by atoms with Gasteiger partial charge in [0.1, 0.15) is 5.78 Å². The van der Waals surface area contributed by atoms with Crippen molar-refractivity contribution < 1.29 is 27.1 Å². The van der Waals surface area contributed by atoms with Crippen LogP contribution < -0.4 is 9.64 Å². The fourth-order valence-corrected chi connectivity index (χ4v) is 3.44. The van der Waals surface area contributed by atoms with Crippen molar-refractivity contribution in [1.29, 1.82) is 0 Å². The Hall–Kier alpha value is -2.64. The van der Waals surface area contributed by atoms with Gasteiger partial charge < -0.3 is 14.4 Å². The van der Waals surface area contributed by atoms with Crippen LogP contribution >= 0.6 is 0 Å². The number of hydrogen-bond donors (Lipinski definition) is 0. The Morgan fingerprint density at radius 3 is 2.54 bits per heavy atom. The molecule has 1 aromatic carbocycles. The summed E-state index contributed by atoms with van der Waals surface area (Å²) in [6, 6.07) is 6.89. The molecule has 0 bridgehead atoms. The summed E-state index contributed by atoms with van der Waals surface area (Å²) in [7, 11) is 0. The Morgan fingerprint density at radius 2 is 1.93 bits per heavy atom. The van der Waals surface area contributed by atoms with Gasteiger partial charge in [-0.15, -0.1) is 13.2 Å². The Bertz CT molecular complexity index is 846. The minimum Gasteiger partial charge on any atom is -0.403 e. The largest absolute Gasteiger partial charge is 0.573 e. The molecule has 1 aliphatic heterocycles. The molecule has 0 spiro atoms. The van der Waals surface area contributed by atoms with Crippen molar-refractivity contribution in [3.8, 4) is 17.0 Å². The molecule has 28 heavy (non-hydrogen) atoms. The summed E-state index contributed by atoms with van der Waals surface area (Å²) >= 11 is 0. The van der Waals surface area contributed by atoms with Crippen molar-refractivity contribution in [1.82, 2.24) is 4.98 Å². The fourth-order valence-electron chi connectivity index (χ4n) is 3.44. The SMILES string of the molecule is CC(=O)CC1CCN(c2ccnc(-c3ccc(OC(F)(F)F)c(F)c3)c2)CC1. The predicted molar refractivity (Wildman–Crippen MR) is 96.5 cm³/mol. The number of carbonyl (C=O) groups excluding carboxylic acids is 1. The molecule has 1 aliphatic rings. The van der Waals surface area contributed by atoms with Gasteiger partial charge in [0.25, 0.3) is 0 Å². The minimum absolute atomic E-state index is 0.199. The molecule has 2 heterocycles. The fraction of sp³-hybridized carbons (Fsp3) is 0.400. The maximum atomic E-state index is 14.0. The van der Waals surface area contributed by atoms with Crippen LogP contribution in [0.15, 0.2) is 36.5 Å². The number of pyridine rings is 1. The highest BCUT2D eigenvalue weighted by molar-refractivity contribution is 5.75. The van der Waals surface area contributed by atoms with Gasteiger partial charge in [-0.2, -0.15) is 0 Å². The molecule has 8 heteroatoms. The first kappa shape index (κ1) is 20.1. The number of piperidine rings is 1. The number of rotatable bonds is 5. The maximum absolute atomic E-state index is 14.0. The van der Waals surface area contributed by atoms with Crippen LogP contribution in [0.5, 0.6) is 5.75 Å². The molecule has 1 aromatic heterocycles. The van der Waals surface area contributed by atoms with Crippen LogP contribution in [0.4, 0.5) is 23.2 Å². The second-order valence-electron chi connectivity index (χ2n) is 6.93. The van der Waals surface area contributed by atoms with Crippen molar-refractivity contribution in [2.24, 2.45) is 5.92 Å². The first-order valence-corrected chi connectivity index (χ1v) is 8.97. The zero-order valence-corrected chi connectivity index (χ0v) is 15.3. The van der Waals surface area contributed by atoms with E-state index in [1.807, 2.05) is 6.07 Å². The number of Topliss-reactive ketones (excluding diaryl/α,β-unsaturated/α-hetero) is 1. The number of aromatic nitrogens is 1. The van der Waals surface area contributed by atoms with Crippen molar-refractivity contribution in [2.45, 2.75) is 32.5 Å². The van der Waals surface area contributed by atoms with Crippen LogP contribution in [0.25, 0.3) is 11.3 Å². The zero-order chi connectivity index (χ0) is 20.3. The summed E-state index contributed by atoms with van der Waals surface area (Å²) < 4.78 is 54.5. The molecule has 4 nitrogen and oxygen atoms in total. The second-order valence-corrected chi connectivity index (χ2v) is 6.93. The Kier molecular flexibility index (Phi) is 5.86. The second kappa shape index (κ2) is 8.16. The number of alkyl halides is 3. The maximum Gasteiger partial charge on any atom is 0.573 e. The van der Waals surface area contributed by atoms with Crippen molar-refractivity contribution in [3.63, 3.8) is 0 Å². The van der Waals surface area contributed by atoms with E-state index in [9.17, 15) is 22.4 Å². The lowest BCUT2D eigenvalue weighted by Gasteiger charge is -2.33. The average Bonchev–Trinajstić information content (AvgIpc) is 2.63. The van der Waals surface area contributed by atoms with Gasteiger partial charge in [-0.05, 0) is 56.0 Å². The van der Waals surface area contributed by atoms with Crippen LogP contribution in [0.3, 0.4) is 0 Å². The van der Waals surface area contributed by atoms with Gasteiger partial charge >= 0.3 is 6.36 Å². The van der Waals surface area contributed by atoms with E-state index in [-0.39, 0.29) is 5.78 Å². The molecule has 0 radical (unpaired) electrons. The van der Waals surface area contributed by atoms with E-state index in [1.165, 1.54) is 6.07 Å². The zero-order valence-electron chi connectivity index (χ0n) is 15.3. The lowest BCUT2D eigenvalue weighted by molar-refractivity contribution is -0.275. The van der Waals surface area contributed by atoms with Crippen LogP contribution in [0, 0.1) is 11.7 Å². The minimum atomic E-state index is -4.95. The van der Waals surface area contributed by atoms with E-state index in [0.29, 0.717) is 23.6 Å². The number of ether oxygens (including phenoxy) is 1. The molecule has 0 unspecified atom stereocenters. The third-order valence-electron chi connectivity index (χ3n) is 4.75. The van der Waals surface area contributed by atoms with E-state index in [1.54, 1.807) is 19.2 Å². The Morgan fingerprint density at radius 1 is 1.21 bits per heavy atom. The number of nitrogens with zero attached hydrogens (tertiary/aromatic N) is 2. The van der Waals surface area contributed by atoms with Crippen LogP contribution in [0.1, 0.15) is 26.2 Å². The summed E-state index contributed by atoms with van der Waals surface area (Å²) in [5, 5.41) is 0. The third-order valence-corrected chi connectivity index (χ3v) is 4.75. The molecular weight excluding hydrogens is 376 g/mol. The molecule has 0 amide bonds. The lowest BCUT2D eigenvalue weighted by atomic mass is 9.92. The monoisotopic (exact) mass is 396 g/mol. The van der Waals surface area contributed by atoms with Crippen LogP contribution in [0.2, 0.25) is 0 Å². The van der Waals surface area contributed by atoms with Gasteiger partial charge in [-0.3, -0.25) is 4.98 Å². The molecule has 1 fully saturated rings. The molecule has 3 rings (SSSR count). The van der Waals surface area contributed by atoms with E-state index in [0.717, 1.165) is 43.8 Å². The van der Waals surface area contributed by atoms with E-state index >= 15 is 0 Å². The molecule has 1 saturated heterocycles. The smallest absolute Gasteiger partial charge is 0.403 e. The summed E-state index contributed by atoms with van der Waals surface area (Å²) in [5.41, 5.74) is 1.73. The number of benzene rings is 1. The number of halogens is 4. The van der Waals surface area contributed by atoms with Crippen LogP contribution in [-0.2, 0) is 4.79 Å². The lowest BCUT2D eigenvalue weighted by Crippen LogP contribution is -2.34. The van der Waals surface area contributed by atoms with Crippen LogP contribution in [-0.4, -0.2) is 30.2 Å². The van der Waals surface area contributed by atoms with Crippen molar-refractivity contribution in [2.75, 3.05) is 18.0 Å². The highest BCUT2D eigenvalue weighted by atomic mass is 19.4. The molecule has 2 aromatic rings. The van der Waals surface area contributed by atoms with Gasteiger partial charge in [0, 0.05) is 37.0 Å². The molecular formula is C20H20F4N2O2. The summed E-state index contributed by atoms with van der Waals surface area (Å²) in [6.07, 6.45) is -0.939. The first-order chi connectivity index (χ1) is 13.2. The van der Waals surface area contributed by atoms with E-state index < -0.39 is 17.9 Å². The normalized spacial score (nSPS) is 15.5. The van der Waals surface area contributed by atoms with Gasteiger partial charge in [0.2, 0.25) is 0 Å².